The number of aryl methyl sites for hydroxylation is 1. The Balaban J connectivity index is 0.000000641. The minimum atomic E-state index is -0.755. The van der Waals surface area contributed by atoms with Crippen LogP contribution < -0.4 is 57.7 Å². The number of nitrogens with one attached hydrogen (secondary N) is 9. The lowest BCUT2D eigenvalue weighted by Gasteiger charge is -2.29. The zero-order chi connectivity index (χ0) is 101. The number of carbonyl (C=O) groups is 12. The summed E-state index contributed by atoms with van der Waals surface area (Å²) in [5.41, 5.74) is 6.69. The number of benzene rings is 2. The van der Waals surface area contributed by atoms with Crippen LogP contribution in [0.4, 0.5) is 0 Å². The molecule has 38 nitrogen and oxygen atoms in total. The first-order chi connectivity index (χ1) is 66.3. The van der Waals surface area contributed by atoms with Gasteiger partial charge in [-0.1, -0.05) is 84.0 Å². The summed E-state index contributed by atoms with van der Waals surface area (Å²) in [6.45, 7) is 31.3. The molecule has 7 rings (SSSR count). The zero-order valence-corrected chi connectivity index (χ0v) is 83.7. The average molecular weight is 1960 g/mol. The van der Waals surface area contributed by atoms with Crippen molar-refractivity contribution in [3.05, 3.63) is 89.2 Å². The number of unbranched alkanes of at least 4 members (excludes halogenated alkanes) is 1. The van der Waals surface area contributed by atoms with Gasteiger partial charge in [0.25, 0.3) is 5.91 Å². The van der Waals surface area contributed by atoms with Crippen LogP contribution >= 0.6 is 11.8 Å². The van der Waals surface area contributed by atoms with Gasteiger partial charge in [0.1, 0.15) is 17.3 Å². The predicted molar refractivity (Wildman–Crippen MR) is 517 cm³/mol. The SMILES string of the molecule is CCCCNCCOCCOCCOCCCC(=O)[C@@H]1Cc2ccc(cc2)OCCC[C@H](C(=O)NO)[C@@H](CC(C)C)C(=O)N1.CCCNCCOCCOCCOCCCC(=O)[C@@H]1Cc2ccc(cc2)OCCC[C@H](C(=O)NO)[C@@H](CC(C)C)C(=O)N1.COCCOCCOCCNC(=O)CCC(=O)CNC(=O)CCC(=O)CSC(C)=O.COCCOCCOCCNC(=O)c1ccc(C)nc1. The summed E-state index contributed by atoms with van der Waals surface area (Å²) in [5, 5.41) is 39.0. The van der Waals surface area contributed by atoms with Gasteiger partial charge in [0.2, 0.25) is 35.4 Å². The lowest BCUT2D eigenvalue weighted by molar-refractivity contribution is -0.142. The second-order valence-electron chi connectivity index (χ2n) is 33.5. The molecule has 4 bridgehead atoms. The molecule has 0 aliphatic carbocycles. The molecule has 2 aromatic carbocycles. The van der Waals surface area contributed by atoms with Crippen molar-refractivity contribution in [2.45, 2.75) is 189 Å². The van der Waals surface area contributed by atoms with Gasteiger partial charge in [-0.2, -0.15) is 0 Å². The Morgan fingerprint density at radius 2 is 0.847 bits per heavy atom. The standard InChI is InChI=1S/C33H55N3O8.C32H53N3O8.C19H32N2O8S.C14H22N2O4/c1-4-5-14-34-15-18-42-20-22-43-21-19-41-16-7-9-31(37)30-24-26-10-12-27(13-11-26)44-17-6-8-28(33(39)36-40)29(23-25(2)3)32(38)35-30;1-4-13-33-14-17-41-19-21-42-20-18-40-15-6-8-30(36)29-23-25-9-11-26(12-10-25)43-16-5-7-27(32(38)35-39)28(22-24(2)3)31(37)34-29;1-15(22)30-14-17(24)4-6-19(26)21-13-16(23)3-5-18(25)20-7-8-28-11-12-29-10-9-27-2;1-12-3-4-13(11-16-12)14(17)15-5-6-19-9-10-20-8-7-18-2/h10-13,25,28-30,34,40H,4-9,14-24H2,1-3H3,(H,35,38)(H,36,39);9-12,24,27-29,33,39H,4-8,13-23H2,1-3H3,(H,34,37)(H,35,38);3-14H2,1-2H3,(H,20,25)(H,21,26);3-4,11H,5-10H2,1-2H3,(H,15,17)/t28-,29+,30-;27-,28+,29-;;/m00../s1. The number of carbonyl (C=O) groups excluding carboxylic acids is 12. The van der Waals surface area contributed by atoms with E-state index in [1.807, 2.05) is 89.2 Å². The van der Waals surface area contributed by atoms with Crippen LogP contribution in [0.2, 0.25) is 0 Å². The molecule has 5 heterocycles. The number of hydrogen-bond acceptors (Lipinski definition) is 32. The van der Waals surface area contributed by atoms with E-state index in [-0.39, 0.29) is 115 Å². The van der Waals surface area contributed by atoms with Crippen LogP contribution in [0, 0.1) is 42.4 Å². The van der Waals surface area contributed by atoms with Crippen LogP contribution in [0.3, 0.4) is 0 Å². The fraction of sp³-hybridized carbons (Fsp3) is 0.704. The van der Waals surface area contributed by atoms with Crippen molar-refractivity contribution in [3.8, 4) is 11.5 Å². The first-order valence-corrected chi connectivity index (χ1v) is 49.3. The number of hydrogen-bond donors (Lipinski definition) is 11. The molecule has 6 atom stereocenters. The zero-order valence-electron chi connectivity index (χ0n) is 82.9. The van der Waals surface area contributed by atoms with Gasteiger partial charge >= 0.3 is 0 Å². The highest BCUT2D eigenvalue weighted by Gasteiger charge is 2.38. The van der Waals surface area contributed by atoms with Crippen LogP contribution in [-0.2, 0) is 122 Å². The summed E-state index contributed by atoms with van der Waals surface area (Å²) >= 11 is 0.901. The fourth-order valence-corrected chi connectivity index (χ4v) is 14.1. The Labute approximate surface area is 814 Å². The Bertz CT molecular complexity index is 3730. The van der Waals surface area contributed by atoms with Crippen molar-refractivity contribution in [2.75, 3.05) is 224 Å². The Morgan fingerprint density at radius 1 is 0.453 bits per heavy atom. The maximum Gasteiger partial charge on any atom is 0.252 e. The number of rotatable bonds is 68. The molecule has 11 N–H and O–H groups in total. The van der Waals surface area contributed by atoms with Crippen LogP contribution in [-0.4, -0.2) is 321 Å². The molecule has 4 aliphatic rings. The third kappa shape index (κ3) is 66.0. The van der Waals surface area contributed by atoms with Crippen molar-refractivity contribution in [1.29, 1.82) is 0 Å². The Morgan fingerprint density at radius 3 is 1.24 bits per heavy atom. The summed E-state index contributed by atoms with van der Waals surface area (Å²) in [4.78, 5) is 152. The van der Waals surface area contributed by atoms with Gasteiger partial charge < -0.3 is 104 Å². The van der Waals surface area contributed by atoms with Crippen LogP contribution in [0.15, 0.2) is 66.9 Å². The minimum absolute atomic E-state index is 0.00842. The largest absolute Gasteiger partial charge is 0.494 e. The van der Waals surface area contributed by atoms with Gasteiger partial charge in [-0.05, 0) is 156 Å². The minimum Gasteiger partial charge on any atom is -0.494 e. The molecular formula is C98H162N10O28S. The molecule has 137 heavy (non-hydrogen) atoms. The molecule has 0 saturated carbocycles. The van der Waals surface area contributed by atoms with Gasteiger partial charge in [-0.3, -0.25) is 72.9 Å². The van der Waals surface area contributed by atoms with Crippen LogP contribution in [0.1, 0.15) is 185 Å². The second kappa shape index (κ2) is 83.3. The van der Waals surface area contributed by atoms with E-state index in [9.17, 15) is 67.9 Å². The second-order valence-corrected chi connectivity index (χ2v) is 34.6. The van der Waals surface area contributed by atoms with Gasteiger partial charge in [-0.25, -0.2) is 11.0 Å². The van der Waals surface area contributed by atoms with E-state index in [4.69, 9.17) is 66.3 Å². The fourth-order valence-electron chi connectivity index (χ4n) is 13.6. The van der Waals surface area contributed by atoms with Crippen molar-refractivity contribution in [1.82, 2.24) is 53.2 Å². The van der Waals surface area contributed by atoms with Crippen molar-refractivity contribution >= 4 is 81.4 Å². The van der Waals surface area contributed by atoms with E-state index in [0.29, 0.717) is 253 Å². The number of hydroxylamine groups is 2. The Kier molecular flexibility index (Phi) is 75.8. The number of methoxy groups -OCH3 is 2. The molecule has 7 amide bonds. The number of thioether (sulfide) groups is 1. The van der Waals surface area contributed by atoms with Gasteiger partial charge in [-0.15, -0.1) is 0 Å². The number of ether oxygens (including phenoxy) is 14. The lowest BCUT2D eigenvalue weighted by atomic mass is 9.81. The molecule has 0 fully saturated rings. The molecule has 3 aromatic rings. The van der Waals surface area contributed by atoms with E-state index in [2.05, 4.69) is 56.0 Å². The van der Waals surface area contributed by atoms with Gasteiger partial charge in [0.05, 0.1) is 187 Å². The highest BCUT2D eigenvalue weighted by molar-refractivity contribution is 8.14. The topological polar surface area (TPSA) is 496 Å². The molecule has 0 saturated heterocycles. The number of Topliss-reactive ketones (excluding diaryl/α,β-unsaturated/α-hetero) is 4. The van der Waals surface area contributed by atoms with Gasteiger partial charge in [0, 0.05) is 123 Å². The molecule has 778 valence electrons. The number of amides is 7. The van der Waals surface area contributed by atoms with E-state index in [1.165, 1.54) is 19.8 Å². The third-order valence-corrected chi connectivity index (χ3v) is 21.8. The van der Waals surface area contributed by atoms with E-state index >= 15 is 0 Å². The van der Waals surface area contributed by atoms with Crippen molar-refractivity contribution in [3.63, 3.8) is 0 Å². The van der Waals surface area contributed by atoms with Crippen LogP contribution in [0.25, 0.3) is 0 Å². The number of fused-ring (bicyclic) bond motifs is 22. The molecule has 4 aliphatic heterocycles. The highest BCUT2D eigenvalue weighted by atomic mass is 32.2. The number of pyridine rings is 1. The molecule has 39 heteroatoms. The molecule has 1 aromatic heterocycles. The van der Waals surface area contributed by atoms with Crippen LogP contribution in [0.5, 0.6) is 11.5 Å². The number of aromatic nitrogens is 1. The summed E-state index contributed by atoms with van der Waals surface area (Å²) in [6.07, 6.45) is 9.83. The smallest absolute Gasteiger partial charge is 0.252 e. The molecule has 0 radical (unpaired) electrons. The normalized spacial score (nSPS) is 16.1. The van der Waals surface area contributed by atoms with Gasteiger partial charge in [0.15, 0.2) is 22.5 Å². The maximum absolute atomic E-state index is 13.6. The lowest BCUT2D eigenvalue weighted by Crippen LogP contribution is -2.49. The monoisotopic (exact) mass is 1960 g/mol. The summed E-state index contributed by atoms with van der Waals surface area (Å²) in [5.74, 6) is -4.63. The quantitative estimate of drug-likeness (QED) is 0.0151. The van der Waals surface area contributed by atoms with Crippen molar-refractivity contribution in [2.24, 2.45) is 35.5 Å². The predicted octanol–water partition coefficient (Wildman–Crippen LogP) is 7.20. The first kappa shape index (κ1) is 125. The number of nitrogens with zero attached hydrogens (tertiary/aromatic N) is 1. The molecule has 0 spiro atoms. The molecular weight excluding hydrogens is 1800 g/mol. The van der Waals surface area contributed by atoms with E-state index in [1.54, 1.807) is 37.4 Å². The highest BCUT2D eigenvalue weighted by Crippen LogP contribution is 2.30. The average Bonchev–Trinajstić information content (AvgIpc) is 0.835. The summed E-state index contributed by atoms with van der Waals surface area (Å²) in [6, 6.07) is 17.0. The Hall–Kier alpha value is -8.46. The maximum atomic E-state index is 13.6. The third-order valence-electron chi connectivity index (χ3n) is 20.9. The first-order valence-electron chi connectivity index (χ1n) is 48.3. The molecule has 0 unspecified atom stereocenters. The van der Waals surface area contributed by atoms with E-state index in [0.717, 1.165) is 61.2 Å². The van der Waals surface area contributed by atoms with Crippen molar-refractivity contribution < 1.29 is 134 Å². The summed E-state index contributed by atoms with van der Waals surface area (Å²) < 4.78 is 75.8. The summed E-state index contributed by atoms with van der Waals surface area (Å²) in [7, 11) is 3.23. The number of ketones is 4. The van der Waals surface area contributed by atoms with E-state index < -0.39 is 53.5 Å².